The number of amides is 3. The van der Waals surface area contributed by atoms with Crippen molar-refractivity contribution in [3.05, 3.63) is 64.7 Å². The van der Waals surface area contributed by atoms with Crippen LogP contribution in [0, 0.1) is 13.8 Å². The Morgan fingerprint density at radius 3 is 2.27 bits per heavy atom. The Hall–Kier alpha value is -3.55. The summed E-state index contributed by atoms with van der Waals surface area (Å²) < 4.78 is 5.57. The van der Waals surface area contributed by atoms with Crippen LogP contribution in [0.5, 0.6) is 5.75 Å². The van der Waals surface area contributed by atoms with Crippen LogP contribution in [-0.2, 0) is 20.7 Å². The van der Waals surface area contributed by atoms with E-state index < -0.39 is 23.8 Å². The number of carbonyl (C=O) groups excluding carboxylic acids is 3. The van der Waals surface area contributed by atoms with Crippen LogP contribution in [0.4, 0.5) is 4.79 Å². The number of alkyl carbamates (subject to hydrolysis) is 1. The molecule has 0 radical (unpaired) electrons. The highest BCUT2D eigenvalue weighted by Crippen LogP contribution is 2.29. The van der Waals surface area contributed by atoms with E-state index in [9.17, 15) is 19.5 Å². The Labute approximate surface area is 270 Å². The Kier molecular flexibility index (Phi) is 13.8. The lowest BCUT2D eigenvalue weighted by Gasteiger charge is -2.36. The average Bonchev–Trinajstić information content (AvgIpc) is 2.98. The van der Waals surface area contributed by atoms with Gasteiger partial charge >= 0.3 is 6.09 Å². The Balaban J connectivity index is 2.06. The van der Waals surface area contributed by atoms with Gasteiger partial charge in [-0.25, -0.2) is 4.79 Å². The van der Waals surface area contributed by atoms with E-state index in [1.54, 1.807) is 49.9 Å². The molecule has 2 aromatic rings. The van der Waals surface area contributed by atoms with Gasteiger partial charge in [-0.2, -0.15) is 0 Å². The van der Waals surface area contributed by atoms with Gasteiger partial charge in [-0.3, -0.25) is 9.59 Å². The Morgan fingerprint density at radius 1 is 0.956 bits per heavy atom. The van der Waals surface area contributed by atoms with Crippen molar-refractivity contribution in [3.8, 4) is 5.75 Å². The normalized spacial score (nSPS) is 15.2. The topological polar surface area (TPSA) is 108 Å². The van der Waals surface area contributed by atoms with Gasteiger partial charge in [-0.1, -0.05) is 87.8 Å². The molecule has 248 valence electrons. The number of phenols is 1. The number of aromatic hydroxyl groups is 1. The lowest BCUT2D eigenvalue weighted by Crippen LogP contribution is -2.55. The van der Waals surface area contributed by atoms with E-state index in [0.717, 1.165) is 80.0 Å². The second-order valence-electron chi connectivity index (χ2n) is 13.6. The van der Waals surface area contributed by atoms with Crippen molar-refractivity contribution in [1.29, 1.82) is 0 Å². The number of benzene rings is 2. The zero-order valence-electron chi connectivity index (χ0n) is 28.3. The fourth-order valence-corrected chi connectivity index (χ4v) is 6.00. The number of carbonyl (C=O) groups is 3. The summed E-state index contributed by atoms with van der Waals surface area (Å²) in [5.74, 6) is -0.405. The van der Waals surface area contributed by atoms with Crippen LogP contribution in [0.1, 0.15) is 120 Å². The molecule has 2 unspecified atom stereocenters. The monoisotopic (exact) mass is 621 g/mol. The second-order valence-corrected chi connectivity index (χ2v) is 13.6. The molecular weight excluding hydrogens is 566 g/mol. The van der Waals surface area contributed by atoms with E-state index in [0.29, 0.717) is 6.54 Å². The number of ether oxygens (including phenoxy) is 1. The van der Waals surface area contributed by atoms with E-state index in [-0.39, 0.29) is 30.0 Å². The van der Waals surface area contributed by atoms with Crippen molar-refractivity contribution >= 4 is 17.9 Å². The molecule has 8 heteroatoms. The zero-order valence-corrected chi connectivity index (χ0v) is 28.3. The van der Waals surface area contributed by atoms with Crippen molar-refractivity contribution in [2.45, 2.75) is 136 Å². The zero-order chi connectivity index (χ0) is 33.0. The SMILES string of the molecule is CCCCCCCN(C(=O)C(Cc1ccc(O)cc1)NC(=O)OC(C)(C)C)C(C(=O)NC1CCCCC1)c1cc(C)ccc1C. The number of hydrogen-bond acceptors (Lipinski definition) is 5. The number of nitrogens with zero attached hydrogens (tertiary/aromatic N) is 1. The highest BCUT2D eigenvalue weighted by molar-refractivity contribution is 5.92. The molecule has 1 aliphatic carbocycles. The molecule has 8 nitrogen and oxygen atoms in total. The summed E-state index contributed by atoms with van der Waals surface area (Å²) in [6, 6.07) is 10.9. The maximum absolute atomic E-state index is 14.8. The molecule has 0 spiro atoms. The molecule has 0 saturated heterocycles. The minimum atomic E-state index is -0.991. The molecule has 2 aromatic carbocycles. The Morgan fingerprint density at radius 2 is 1.62 bits per heavy atom. The summed E-state index contributed by atoms with van der Waals surface area (Å²) in [7, 11) is 0. The fourth-order valence-electron chi connectivity index (χ4n) is 6.00. The van der Waals surface area contributed by atoms with Crippen LogP contribution in [0.3, 0.4) is 0 Å². The molecular formula is C37H55N3O5. The van der Waals surface area contributed by atoms with Crippen LogP contribution in [0.15, 0.2) is 42.5 Å². The molecule has 3 amide bonds. The molecule has 0 aliphatic heterocycles. The van der Waals surface area contributed by atoms with Crippen molar-refractivity contribution in [1.82, 2.24) is 15.5 Å². The summed E-state index contributed by atoms with van der Waals surface area (Å²) in [6.45, 7) is 11.8. The van der Waals surface area contributed by atoms with E-state index in [1.165, 1.54) is 6.42 Å². The molecule has 3 rings (SSSR count). The van der Waals surface area contributed by atoms with Gasteiger partial charge in [0.2, 0.25) is 11.8 Å². The molecule has 1 fully saturated rings. The standard InChI is InChI=1S/C37H55N3O5/c1-7-8-9-10-14-23-40(33(31-24-26(2)17-18-27(31)3)34(42)38-29-15-12-11-13-16-29)35(43)32(39-36(44)45-37(4,5)6)25-28-19-21-30(41)22-20-28/h17-22,24,29,32-33,41H,7-16,23,25H2,1-6H3,(H,38,42)(H,39,44). The van der Waals surface area contributed by atoms with Gasteiger partial charge in [0, 0.05) is 19.0 Å². The highest BCUT2D eigenvalue weighted by atomic mass is 16.6. The first-order chi connectivity index (χ1) is 21.4. The summed E-state index contributed by atoms with van der Waals surface area (Å²) in [5.41, 5.74) is 2.75. The molecule has 3 N–H and O–H groups in total. The molecule has 45 heavy (non-hydrogen) atoms. The first kappa shape index (κ1) is 35.9. The molecule has 2 atom stereocenters. The minimum Gasteiger partial charge on any atom is -0.508 e. The van der Waals surface area contributed by atoms with Crippen LogP contribution in [0.25, 0.3) is 0 Å². The summed E-state index contributed by atoms with van der Waals surface area (Å²) >= 11 is 0. The van der Waals surface area contributed by atoms with Crippen LogP contribution < -0.4 is 10.6 Å². The van der Waals surface area contributed by atoms with E-state index >= 15 is 0 Å². The quantitative estimate of drug-likeness (QED) is 0.190. The maximum Gasteiger partial charge on any atom is 0.408 e. The molecule has 1 aliphatic rings. The Bertz CT molecular complexity index is 1250. The lowest BCUT2D eigenvalue weighted by atomic mass is 9.92. The van der Waals surface area contributed by atoms with Crippen molar-refractivity contribution in [3.63, 3.8) is 0 Å². The van der Waals surface area contributed by atoms with E-state index in [2.05, 4.69) is 17.6 Å². The van der Waals surface area contributed by atoms with Gasteiger partial charge in [-0.05, 0) is 82.7 Å². The smallest absolute Gasteiger partial charge is 0.408 e. The van der Waals surface area contributed by atoms with Crippen molar-refractivity contribution in [2.75, 3.05) is 6.54 Å². The number of aryl methyl sites for hydroxylation is 2. The van der Waals surface area contributed by atoms with Gasteiger partial charge in [0.15, 0.2) is 0 Å². The van der Waals surface area contributed by atoms with Gasteiger partial charge in [-0.15, -0.1) is 0 Å². The van der Waals surface area contributed by atoms with Crippen LogP contribution in [-0.4, -0.2) is 52.1 Å². The van der Waals surface area contributed by atoms with E-state index in [1.807, 2.05) is 32.0 Å². The molecule has 0 bridgehead atoms. The number of hydrogen-bond donors (Lipinski definition) is 3. The lowest BCUT2D eigenvalue weighted by molar-refractivity contribution is -0.143. The van der Waals surface area contributed by atoms with Gasteiger partial charge in [0.05, 0.1) is 0 Å². The molecule has 0 heterocycles. The third-order valence-electron chi connectivity index (χ3n) is 8.39. The van der Waals surface area contributed by atoms with Crippen LogP contribution in [0.2, 0.25) is 0 Å². The van der Waals surface area contributed by atoms with Crippen LogP contribution >= 0.6 is 0 Å². The minimum absolute atomic E-state index is 0.0769. The maximum atomic E-state index is 14.8. The highest BCUT2D eigenvalue weighted by Gasteiger charge is 2.37. The van der Waals surface area contributed by atoms with Gasteiger partial charge < -0.3 is 25.4 Å². The number of unbranched alkanes of at least 4 members (excludes halogenated alkanes) is 4. The number of phenolic OH excluding ortho intramolecular Hbond substituents is 1. The number of nitrogens with one attached hydrogen (secondary N) is 2. The van der Waals surface area contributed by atoms with Crippen molar-refractivity contribution < 1.29 is 24.2 Å². The van der Waals surface area contributed by atoms with Gasteiger partial charge in [0.25, 0.3) is 0 Å². The predicted octanol–water partition coefficient (Wildman–Crippen LogP) is 7.43. The van der Waals surface area contributed by atoms with E-state index in [4.69, 9.17) is 4.74 Å². The fraction of sp³-hybridized carbons (Fsp3) is 0.595. The van der Waals surface area contributed by atoms with Crippen molar-refractivity contribution in [2.24, 2.45) is 0 Å². The third-order valence-corrected chi connectivity index (χ3v) is 8.39. The number of rotatable bonds is 14. The summed E-state index contributed by atoms with van der Waals surface area (Å²) in [5, 5.41) is 16.0. The first-order valence-electron chi connectivity index (χ1n) is 16.8. The predicted molar refractivity (Wildman–Crippen MR) is 179 cm³/mol. The summed E-state index contributed by atoms with van der Waals surface area (Å²) in [6.07, 6.45) is 9.60. The first-order valence-corrected chi connectivity index (χ1v) is 16.8. The summed E-state index contributed by atoms with van der Waals surface area (Å²) in [4.78, 5) is 43.9. The average molecular weight is 622 g/mol. The largest absolute Gasteiger partial charge is 0.508 e. The molecule has 1 saturated carbocycles. The third kappa shape index (κ3) is 11.7. The van der Waals surface area contributed by atoms with Gasteiger partial charge in [0.1, 0.15) is 23.4 Å². The second kappa shape index (κ2) is 17.2. The molecule has 0 aromatic heterocycles.